The lowest BCUT2D eigenvalue weighted by Gasteiger charge is -2.04. The smallest absolute Gasteiger partial charge is 0.364 e. The Hall–Kier alpha value is -1.99. The van der Waals surface area contributed by atoms with E-state index in [0.717, 1.165) is 22.0 Å². The Labute approximate surface area is 107 Å². The van der Waals surface area contributed by atoms with Gasteiger partial charge in [0.2, 0.25) is 0 Å². The minimum Gasteiger partial charge on any atom is -0.364 e. The zero-order valence-electron chi connectivity index (χ0n) is 10.5. The molecule has 104 valence electrons. The van der Waals surface area contributed by atoms with E-state index in [1.54, 1.807) is 0 Å². The van der Waals surface area contributed by atoms with E-state index in [2.05, 4.69) is 15.6 Å². The van der Waals surface area contributed by atoms with Crippen molar-refractivity contribution in [1.82, 2.24) is 14.9 Å². The topological polar surface area (TPSA) is 55.9 Å². The van der Waals surface area contributed by atoms with Gasteiger partial charge in [0.15, 0.2) is 0 Å². The van der Waals surface area contributed by atoms with Gasteiger partial charge in [0.05, 0.1) is 5.69 Å². The number of aryl methyl sites for hydroxylation is 2. The van der Waals surface area contributed by atoms with Crippen molar-refractivity contribution in [2.24, 2.45) is 7.05 Å². The van der Waals surface area contributed by atoms with E-state index in [1.165, 1.54) is 13.3 Å². The highest BCUT2D eigenvalue weighted by atomic mass is 19.4. The van der Waals surface area contributed by atoms with Crippen molar-refractivity contribution in [3.63, 3.8) is 0 Å². The highest BCUT2D eigenvalue weighted by Gasteiger charge is 2.34. The molecule has 0 aliphatic heterocycles. The molecule has 19 heavy (non-hydrogen) atoms. The van der Waals surface area contributed by atoms with Crippen molar-refractivity contribution in [3.05, 3.63) is 29.3 Å². The Morgan fingerprint density at radius 3 is 2.74 bits per heavy atom. The SMILES string of the molecule is CCc1nocc1CNc1cc(C(F)(F)F)n(C)n1. The molecular formula is C11H13F3N4O. The Kier molecular flexibility index (Phi) is 3.50. The lowest BCUT2D eigenvalue weighted by Crippen LogP contribution is -2.11. The molecule has 2 rings (SSSR count). The van der Waals surface area contributed by atoms with E-state index < -0.39 is 11.9 Å². The van der Waals surface area contributed by atoms with Crippen LogP contribution in [-0.2, 0) is 26.2 Å². The van der Waals surface area contributed by atoms with Crippen molar-refractivity contribution >= 4 is 5.82 Å². The van der Waals surface area contributed by atoms with Crippen molar-refractivity contribution in [3.8, 4) is 0 Å². The van der Waals surface area contributed by atoms with E-state index in [0.29, 0.717) is 13.0 Å². The minimum absolute atomic E-state index is 0.165. The second-order valence-electron chi connectivity index (χ2n) is 4.03. The molecule has 0 aliphatic rings. The second-order valence-corrected chi connectivity index (χ2v) is 4.03. The third kappa shape index (κ3) is 2.88. The number of anilines is 1. The monoisotopic (exact) mass is 274 g/mol. The zero-order valence-corrected chi connectivity index (χ0v) is 10.5. The van der Waals surface area contributed by atoms with Crippen molar-refractivity contribution < 1.29 is 17.7 Å². The summed E-state index contributed by atoms with van der Waals surface area (Å²) in [5, 5.41) is 10.4. The maximum absolute atomic E-state index is 12.6. The summed E-state index contributed by atoms with van der Waals surface area (Å²) in [4.78, 5) is 0. The number of nitrogens with zero attached hydrogens (tertiary/aromatic N) is 3. The molecule has 2 aromatic rings. The number of aromatic nitrogens is 3. The van der Waals surface area contributed by atoms with Gasteiger partial charge in [-0.3, -0.25) is 4.68 Å². The van der Waals surface area contributed by atoms with Gasteiger partial charge in [-0.05, 0) is 6.42 Å². The Morgan fingerprint density at radius 1 is 1.42 bits per heavy atom. The van der Waals surface area contributed by atoms with Crippen LogP contribution in [0.2, 0.25) is 0 Å². The van der Waals surface area contributed by atoms with Crippen LogP contribution in [0.25, 0.3) is 0 Å². The summed E-state index contributed by atoms with van der Waals surface area (Å²) in [6, 6.07) is 0.971. The van der Waals surface area contributed by atoms with Gasteiger partial charge in [-0.2, -0.15) is 18.3 Å². The van der Waals surface area contributed by atoms with Crippen LogP contribution in [0.15, 0.2) is 16.9 Å². The van der Waals surface area contributed by atoms with Crippen molar-refractivity contribution in [2.75, 3.05) is 5.32 Å². The fourth-order valence-electron chi connectivity index (χ4n) is 1.72. The summed E-state index contributed by atoms with van der Waals surface area (Å²) >= 11 is 0. The molecule has 8 heteroatoms. The molecule has 0 aliphatic carbocycles. The lowest BCUT2D eigenvalue weighted by atomic mass is 10.2. The first-order chi connectivity index (χ1) is 8.91. The normalized spacial score (nSPS) is 11.8. The Bertz CT molecular complexity index is 559. The molecular weight excluding hydrogens is 261 g/mol. The van der Waals surface area contributed by atoms with Crippen LogP contribution in [0, 0.1) is 0 Å². The number of halogens is 3. The van der Waals surface area contributed by atoms with Crippen LogP contribution in [0.3, 0.4) is 0 Å². The number of alkyl halides is 3. The maximum atomic E-state index is 12.6. The van der Waals surface area contributed by atoms with Crippen LogP contribution < -0.4 is 5.32 Å². The molecule has 0 saturated heterocycles. The van der Waals surface area contributed by atoms with Gasteiger partial charge in [-0.1, -0.05) is 12.1 Å². The molecule has 0 amide bonds. The number of hydrogen-bond donors (Lipinski definition) is 1. The van der Waals surface area contributed by atoms with Crippen LogP contribution in [0.5, 0.6) is 0 Å². The van der Waals surface area contributed by atoms with E-state index >= 15 is 0 Å². The minimum atomic E-state index is -4.41. The fraction of sp³-hybridized carbons (Fsp3) is 0.455. The predicted molar refractivity (Wildman–Crippen MR) is 61.4 cm³/mol. The van der Waals surface area contributed by atoms with Gasteiger partial charge < -0.3 is 9.84 Å². The number of rotatable bonds is 4. The highest BCUT2D eigenvalue weighted by molar-refractivity contribution is 5.38. The van der Waals surface area contributed by atoms with Gasteiger partial charge >= 0.3 is 6.18 Å². The summed E-state index contributed by atoms with van der Waals surface area (Å²) in [7, 11) is 1.25. The second kappa shape index (κ2) is 4.94. The third-order valence-electron chi connectivity index (χ3n) is 2.69. The molecule has 1 N–H and O–H groups in total. The van der Waals surface area contributed by atoms with E-state index in [1.807, 2.05) is 6.92 Å². The molecule has 5 nitrogen and oxygen atoms in total. The molecule has 2 heterocycles. The molecule has 0 saturated carbocycles. The van der Waals surface area contributed by atoms with Crippen LogP contribution >= 0.6 is 0 Å². The number of nitrogens with one attached hydrogen (secondary N) is 1. The summed E-state index contributed by atoms with van der Waals surface area (Å²) in [6.07, 6.45) is -2.24. The molecule has 0 bridgehead atoms. The largest absolute Gasteiger partial charge is 0.433 e. The highest BCUT2D eigenvalue weighted by Crippen LogP contribution is 2.30. The van der Waals surface area contributed by atoms with Gasteiger partial charge in [0.1, 0.15) is 17.8 Å². The molecule has 0 aromatic carbocycles. The molecule has 0 atom stereocenters. The van der Waals surface area contributed by atoms with E-state index in [9.17, 15) is 13.2 Å². The lowest BCUT2D eigenvalue weighted by molar-refractivity contribution is -0.143. The molecule has 0 spiro atoms. The van der Waals surface area contributed by atoms with E-state index in [4.69, 9.17) is 4.52 Å². The first kappa shape index (κ1) is 13.4. The molecule has 2 aromatic heterocycles. The van der Waals surface area contributed by atoms with Crippen LogP contribution in [0.4, 0.5) is 19.0 Å². The predicted octanol–water partition coefficient (Wildman–Crippen LogP) is 2.60. The van der Waals surface area contributed by atoms with E-state index in [-0.39, 0.29) is 5.82 Å². The standard InChI is InChI=1S/C11H13F3N4O/c1-3-8-7(6-19-17-8)5-15-10-4-9(11(12,13)14)18(2)16-10/h4,6H,3,5H2,1-2H3,(H,15,16). The van der Waals surface area contributed by atoms with Gasteiger partial charge in [-0.15, -0.1) is 0 Å². The quantitative estimate of drug-likeness (QED) is 0.931. The zero-order chi connectivity index (χ0) is 14.0. The summed E-state index contributed by atoms with van der Waals surface area (Å²) in [5.41, 5.74) is 0.789. The van der Waals surface area contributed by atoms with Crippen molar-refractivity contribution in [2.45, 2.75) is 26.1 Å². The molecule has 0 unspecified atom stereocenters. The average molecular weight is 274 g/mol. The summed E-state index contributed by atoms with van der Waals surface area (Å²) < 4.78 is 43.4. The third-order valence-corrected chi connectivity index (χ3v) is 2.69. The summed E-state index contributed by atoms with van der Waals surface area (Å²) in [5.74, 6) is 0.165. The van der Waals surface area contributed by atoms with Crippen LogP contribution in [0.1, 0.15) is 23.9 Å². The fourth-order valence-corrected chi connectivity index (χ4v) is 1.72. The first-order valence-corrected chi connectivity index (χ1v) is 5.69. The maximum Gasteiger partial charge on any atom is 0.433 e. The van der Waals surface area contributed by atoms with Crippen molar-refractivity contribution in [1.29, 1.82) is 0 Å². The molecule has 0 radical (unpaired) electrons. The molecule has 0 fully saturated rings. The Balaban J connectivity index is 2.09. The number of hydrogen-bond acceptors (Lipinski definition) is 4. The first-order valence-electron chi connectivity index (χ1n) is 5.69. The van der Waals surface area contributed by atoms with Gasteiger partial charge in [0, 0.05) is 25.2 Å². The van der Waals surface area contributed by atoms with Gasteiger partial charge in [-0.25, -0.2) is 0 Å². The average Bonchev–Trinajstić information content (AvgIpc) is 2.91. The Morgan fingerprint density at radius 2 is 2.16 bits per heavy atom. The van der Waals surface area contributed by atoms with Crippen LogP contribution in [-0.4, -0.2) is 14.9 Å². The van der Waals surface area contributed by atoms with Gasteiger partial charge in [0.25, 0.3) is 0 Å². The summed E-state index contributed by atoms with van der Waals surface area (Å²) in [6.45, 7) is 2.24.